The second-order valence-electron chi connectivity index (χ2n) is 13.4. The van der Waals surface area contributed by atoms with Crippen molar-refractivity contribution in [3.05, 3.63) is 0 Å². The van der Waals surface area contributed by atoms with E-state index in [2.05, 4.69) is 27.7 Å². The fraction of sp³-hybridized carbons (Fsp3) is 1.00. The molecule has 0 aromatic carbocycles. The summed E-state index contributed by atoms with van der Waals surface area (Å²) in [6, 6.07) is 0. The van der Waals surface area contributed by atoms with E-state index in [4.69, 9.17) is 0 Å². The summed E-state index contributed by atoms with van der Waals surface area (Å²) in [4.78, 5) is 0. The number of hydrogen-bond acceptors (Lipinski definition) is 2. The van der Waals surface area contributed by atoms with Gasteiger partial charge in [0.25, 0.3) is 0 Å². The minimum atomic E-state index is -0.528. The smallest absolute Gasteiger partial charge is 0.0622 e. The first-order valence-electron chi connectivity index (χ1n) is 12.8. The number of rotatable bonds is 4. The van der Waals surface area contributed by atoms with Crippen LogP contribution in [0.1, 0.15) is 112 Å². The molecule has 0 radical (unpaired) electrons. The molecule has 29 heavy (non-hydrogen) atoms. The van der Waals surface area contributed by atoms with Crippen LogP contribution >= 0.6 is 0 Å². The molecule has 0 aromatic heterocycles. The third-order valence-electron chi connectivity index (χ3n) is 10.9. The van der Waals surface area contributed by atoms with Crippen molar-refractivity contribution in [1.29, 1.82) is 0 Å². The van der Waals surface area contributed by atoms with Crippen LogP contribution in [0, 0.1) is 46.3 Å². The van der Waals surface area contributed by atoms with E-state index >= 15 is 0 Å². The van der Waals surface area contributed by atoms with Gasteiger partial charge in [-0.15, -0.1) is 0 Å². The van der Waals surface area contributed by atoms with Gasteiger partial charge >= 0.3 is 0 Å². The van der Waals surface area contributed by atoms with Gasteiger partial charge in [0.2, 0.25) is 0 Å². The fourth-order valence-corrected chi connectivity index (χ4v) is 9.19. The fourth-order valence-electron chi connectivity index (χ4n) is 9.19. The highest BCUT2D eigenvalue weighted by Gasteiger charge is 2.61. The molecule has 168 valence electrons. The highest BCUT2D eigenvalue weighted by Crippen LogP contribution is 2.68. The minimum Gasteiger partial charge on any atom is -0.390 e. The van der Waals surface area contributed by atoms with Crippen LogP contribution in [0.3, 0.4) is 0 Å². The van der Waals surface area contributed by atoms with Crippen molar-refractivity contribution in [3.8, 4) is 0 Å². The van der Waals surface area contributed by atoms with Crippen LogP contribution in [0.2, 0.25) is 0 Å². The van der Waals surface area contributed by atoms with Gasteiger partial charge in [-0.1, -0.05) is 20.8 Å². The zero-order valence-corrected chi connectivity index (χ0v) is 20.1. The quantitative estimate of drug-likeness (QED) is 0.555. The third kappa shape index (κ3) is 3.84. The van der Waals surface area contributed by atoms with Crippen LogP contribution < -0.4 is 0 Å². The summed E-state index contributed by atoms with van der Waals surface area (Å²) in [6.45, 7) is 13.7. The lowest BCUT2D eigenvalue weighted by Gasteiger charge is -2.62. The normalized spacial score (nSPS) is 51.1. The SMILES string of the molecule is C[C@H](CCC(C)(C)O)[C@H]1CC[C@H]2[C@@H]3CC[C@@H]4C[C@](C)(O)CC[C@]4(C)[C@H]3CC[C@]12C. The molecule has 4 aliphatic carbocycles. The number of aliphatic hydroxyl groups is 2. The van der Waals surface area contributed by atoms with Crippen LogP contribution in [-0.2, 0) is 0 Å². The van der Waals surface area contributed by atoms with Crippen molar-refractivity contribution in [2.24, 2.45) is 46.3 Å². The molecule has 0 heterocycles. The maximum Gasteiger partial charge on any atom is 0.0622 e. The van der Waals surface area contributed by atoms with Crippen molar-refractivity contribution in [1.82, 2.24) is 0 Å². The maximum atomic E-state index is 10.7. The summed E-state index contributed by atoms with van der Waals surface area (Å²) in [6.07, 6.45) is 13.8. The Labute approximate surface area is 180 Å². The lowest BCUT2D eigenvalue weighted by molar-refractivity contribution is -0.148. The molecular weight excluding hydrogens is 356 g/mol. The molecule has 0 bridgehead atoms. The minimum absolute atomic E-state index is 0.422. The molecule has 2 N–H and O–H groups in total. The molecule has 2 heteroatoms. The number of fused-ring (bicyclic) bond motifs is 5. The van der Waals surface area contributed by atoms with Crippen LogP contribution in [0.15, 0.2) is 0 Å². The highest BCUT2D eigenvalue weighted by molar-refractivity contribution is 5.10. The molecule has 0 aliphatic heterocycles. The molecule has 4 rings (SSSR count). The van der Waals surface area contributed by atoms with Crippen molar-refractivity contribution in [3.63, 3.8) is 0 Å². The van der Waals surface area contributed by atoms with Crippen LogP contribution in [-0.4, -0.2) is 21.4 Å². The monoisotopic (exact) mass is 404 g/mol. The van der Waals surface area contributed by atoms with Gasteiger partial charge in [-0.05, 0) is 138 Å². The molecule has 0 spiro atoms. The molecule has 2 nitrogen and oxygen atoms in total. The summed E-state index contributed by atoms with van der Waals surface area (Å²) in [5.41, 5.74) is 0.0369. The van der Waals surface area contributed by atoms with Crippen molar-refractivity contribution in [2.75, 3.05) is 0 Å². The Kier molecular flexibility index (Phi) is 5.51. The second-order valence-corrected chi connectivity index (χ2v) is 13.4. The van der Waals surface area contributed by atoms with E-state index in [0.717, 1.165) is 54.8 Å². The Morgan fingerprint density at radius 2 is 1.59 bits per heavy atom. The molecule has 0 unspecified atom stereocenters. The summed E-state index contributed by atoms with van der Waals surface area (Å²) in [7, 11) is 0. The Bertz CT molecular complexity index is 604. The summed E-state index contributed by atoms with van der Waals surface area (Å²) in [5.74, 6) is 5.03. The Hall–Kier alpha value is -0.0800. The molecule has 4 fully saturated rings. The predicted octanol–water partition coefficient (Wildman–Crippen LogP) is 6.58. The Morgan fingerprint density at radius 3 is 2.28 bits per heavy atom. The summed E-state index contributed by atoms with van der Waals surface area (Å²) in [5, 5.41) is 20.9. The van der Waals surface area contributed by atoms with Crippen molar-refractivity contribution >= 4 is 0 Å². The van der Waals surface area contributed by atoms with Crippen LogP contribution in [0.25, 0.3) is 0 Å². The lowest BCUT2D eigenvalue weighted by Crippen LogP contribution is -2.55. The first-order valence-corrected chi connectivity index (χ1v) is 12.8. The average Bonchev–Trinajstić information content (AvgIpc) is 2.97. The molecule has 4 saturated carbocycles. The first-order chi connectivity index (χ1) is 13.4. The molecule has 9 atom stereocenters. The van der Waals surface area contributed by atoms with E-state index in [9.17, 15) is 10.2 Å². The van der Waals surface area contributed by atoms with Gasteiger partial charge in [-0.3, -0.25) is 0 Å². The van der Waals surface area contributed by atoms with E-state index < -0.39 is 11.2 Å². The lowest BCUT2D eigenvalue weighted by atomic mass is 9.43. The molecular formula is C27H48O2. The average molecular weight is 405 g/mol. The van der Waals surface area contributed by atoms with Crippen LogP contribution in [0.5, 0.6) is 0 Å². The van der Waals surface area contributed by atoms with Gasteiger partial charge in [0.15, 0.2) is 0 Å². The Morgan fingerprint density at radius 1 is 0.897 bits per heavy atom. The van der Waals surface area contributed by atoms with E-state index in [1.807, 2.05) is 13.8 Å². The molecule has 0 amide bonds. The van der Waals surface area contributed by atoms with E-state index in [1.54, 1.807) is 0 Å². The van der Waals surface area contributed by atoms with E-state index in [0.29, 0.717) is 10.8 Å². The van der Waals surface area contributed by atoms with Crippen molar-refractivity contribution < 1.29 is 10.2 Å². The zero-order chi connectivity index (χ0) is 21.2. The zero-order valence-electron chi connectivity index (χ0n) is 20.1. The Balaban J connectivity index is 1.49. The first kappa shape index (κ1) is 22.1. The molecule has 0 aromatic rings. The van der Waals surface area contributed by atoms with Gasteiger partial charge in [0, 0.05) is 0 Å². The van der Waals surface area contributed by atoms with Gasteiger partial charge < -0.3 is 10.2 Å². The largest absolute Gasteiger partial charge is 0.390 e. The second kappa shape index (κ2) is 7.22. The number of hydrogen-bond donors (Lipinski definition) is 2. The van der Waals surface area contributed by atoms with Gasteiger partial charge in [0.05, 0.1) is 11.2 Å². The maximum absolute atomic E-state index is 10.7. The van der Waals surface area contributed by atoms with Crippen LogP contribution in [0.4, 0.5) is 0 Å². The van der Waals surface area contributed by atoms with Gasteiger partial charge in [0.1, 0.15) is 0 Å². The highest BCUT2D eigenvalue weighted by atomic mass is 16.3. The van der Waals surface area contributed by atoms with Gasteiger partial charge in [-0.2, -0.15) is 0 Å². The van der Waals surface area contributed by atoms with Gasteiger partial charge in [-0.25, -0.2) is 0 Å². The summed E-state index contributed by atoms with van der Waals surface area (Å²) >= 11 is 0. The third-order valence-corrected chi connectivity index (χ3v) is 10.9. The molecule has 0 saturated heterocycles. The standard InChI is InChI=1S/C27H48O2/c1-18(11-13-24(2,3)28)21-9-10-22-20-8-7-19-17-25(4,29)15-16-26(19,5)23(20)12-14-27(21,22)6/h18-23,28-29H,7-17H2,1-6H3/t18-,19-,20+,21-,22+,23+,25-,26+,27-/m1/s1. The van der Waals surface area contributed by atoms with E-state index in [1.165, 1.54) is 51.4 Å². The topological polar surface area (TPSA) is 40.5 Å². The predicted molar refractivity (Wildman–Crippen MR) is 121 cm³/mol. The van der Waals surface area contributed by atoms with Crippen molar-refractivity contribution in [2.45, 2.75) is 123 Å². The summed E-state index contributed by atoms with van der Waals surface area (Å²) < 4.78 is 0. The van der Waals surface area contributed by atoms with E-state index in [-0.39, 0.29) is 0 Å². The molecule has 4 aliphatic rings.